The minimum atomic E-state index is 0.272. The minimum absolute atomic E-state index is 0.272. The Kier molecular flexibility index (Phi) is 7.67. The molecule has 0 aliphatic heterocycles. The van der Waals surface area contributed by atoms with Crippen LogP contribution in [-0.4, -0.2) is 4.57 Å². The maximum absolute atomic E-state index is 5.97. The zero-order valence-corrected chi connectivity index (χ0v) is 20.1. The van der Waals surface area contributed by atoms with E-state index in [4.69, 9.17) is 4.74 Å². The normalized spacial score (nSPS) is 12.0. The van der Waals surface area contributed by atoms with Crippen molar-refractivity contribution in [1.29, 1.82) is 0 Å². The van der Waals surface area contributed by atoms with E-state index in [9.17, 15) is 0 Å². The van der Waals surface area contributed by atoms with Crippen LogP contribution >= 0.6 is 0 Å². The van der Waals surface area contributed by atoms with Crippen molar-refractivity contribution in [2.45, 2.75) is 59.1 Å². The van der Waals surface area contributed by atoms with Crippen molar-refractivity contribution in [2.24, 2.45) is 0 Å². The summed E-state index contributed by atoms with van der Waals surface area (Å²) < 4.78 is 8.41. The first-order chi connectivity index (χ1) is 16.2. The van der Waals surface area contributed by atoms with Crippen molar-refractivity contribution >= 4 is 0 Å². The van der Waals surface area contributed by atoms with Gasteiger partial charge in [0.1, 0.15) is 12.4 Å². The van der Waals surface area contributed by atoms with Gasteiger partial charge in [-0.05, 0) is 85.3 Å². The number of ether oxygens (including phenoxy) is 1. The summed E-state index contributed by atoms with van der Waals surface area (Å²) in [5.74, 6) is 0.893. The van der Waals surface area contributed by atoms with E-state index >= 15 is 0 Å². The first-order valence-corrected chi connectivity index (χ1v) is 12.2. The maximum atomic E-state index is 5.97. The van der Waals surface area contributed by atoms with Gasteiger partial charge in [0, 0.05) is 11.4 Å². The summed E-state index contributed by atoms with van der Waals surface area (Å²) >= 11 is 0. The van der Waals surface area contributed by atoms with Gasteiger partial charge in [-0.25, -0.2) is 0 Å². The Morgan fingerprint density at radius 2 is 1.48 bits per heavy atom. The summed E-state index contributed by atoms with van der Waals surface area (Å²) in [6, 6.07) is 32.7. The summed E-state index contributed by atoms with van der Waals surface area (Å²) in [4.78, 5) is 0. The number of rotatable bonds is 10. The fourth-order valence-electron chi connectivity index (χ4n) is 4.45. The minimum Gasteiger partial charge on any atom is -0.489 e. The highest BCUT2D eigenvalue weighted by Gasteiger charge is 2.15. The molecule has 0 radical (unpaired) electrons. The third kappa shape index (κ3) is 5.76. The lowest BCUT2D eigenvalue weighted by atomic mass is 10.0. The van der Waals surface area contributed by atoms with Gasteiger partial charge in [-0.15, -0.1) is 0 Å². The lowest BCUT2D eigenvalue weighted by molar-refractivity contribution is 0.306. The summed E-state index contributed by atoms with van der Waals surface area (Å²) in [7, 11) is 0. The van der Waals surface area contributed by atoms with Crippen molar-refractivity contribution in [1.82, 2.24) is 4.57 Å². The van der Waals surface area contributed by atoms with Gasteiger partial charge < -0.3 is 9.30 Å². The molecule has 4 aromatic rings. The number of unbranched alkanes of at least 4 members (excludes halogenated alkanes) is 2. The zero-order valence-electron chi connectivity index (χ0n) is 20.1. The first-order valence-electron chi connectivity index (χ1n) is 12.2. The number of nitrogens with zero attached hydrogens (tertiary/aromatic N) is 1. The molecular formula is C31H35NO. The van der Waals surface area contributed by atoms with Gasteiger partial charge in [-0.2, -0.15) is 0 Å². The van der Waals surface area contributed by atoms with Crippen molar-refractivity contribution < 1.29 is 4.74 Å². The number of hydrogen-bond donors (Lipinski definition) is 0. The molecule has 0 N–H and O–H groups in total. The molecule has 0 amide bonds. The molecule has 33 heavy (non-hydrogen) atoms. The lowest BCUT2D eigenvalue weighted by Gasteiger charge is -2.21. The van der Waals surface area contributed by atoms with E-state index in [1.807, 2.05) is 18.2 Å². The summed E-state index contributed by atoms with van der Waals surface area (Å²) in [5.41, 5.74) is 7.68. The van der Waals surface area contributed by atoms with Gasteiger partial charge in [-0.1, -0.05) is 74.4 Å². The molecule has 0 spiro atoms. The second-order valence-electron chi connectivity index (χ2n) is 8.90. The largest absolute Gasteiger partial charge is 0.489 e. The number of aromatic nitrogens is 1. The monoisotopic (exact) mass is 437 g/mol. The van der Waals surface area contributed by atoms with Crippen LogP contribution in [0.4, 0.5) is 0 Å². The molecule has 2 nitrogen and oxygen atoms in total. The number of benzene rings is 3. The molecule has 2 heteroatoms. The summed E-state index contributed by atoms with van der Waals surface area (Å²) in [6.45, 7) is 7.32. The second kappa shape index (κ2) is 11.0. The van der Waals surface area contributed by atoms with Gasteiger partial charge >= 0.3 is 0 Å². The molecule has 0 saturated heterocycles. The van der Waals surface area contributed by atoms with Gasteiger partial charge in [0.25, 0.3) is 0 Å². The predicted molar refractivity (Wildman–Crippen MR) is 139 cm³/mol. The Balaban J connectivity index is 1.48. The van der Waals surface area contributed by atoms with Crippen LogP contribution in [0.15, 0.2) is 91.0 Å². The van der Waals surface area contributed by atoms with Crippen LogP contribution in [0.3, 0.4) is 0 Å². The molecule has 0 bridgehead atoms. The van der Waals surface area contributed by atoms with E-state index in [1.54, 1.807) is 0 Å². The Morgan fingerprint density at radius 3 is 2.18 bits per heavy atom. The van der Waals surface area contributed by atoms with Crippen LogP contribution in [0.5, 0.6) is 5.75 Å². The average Bonchev–Trinajstić information content (AvgIpc) is 3.25. The van der Waals surface area contributed by atoms with E-state index < -0.39 is 0 Å². The fourth-order valence-corrected chi connectivity index (χ4v) is 4.45. The van der Waals surface area contributed by atoms with Crippen LogP contribution in [0, 0.1) is 6.92 Å². The standard InChI is InChI=1S/C31H35NO/c1-4-5-7-10-26-14-16-28(17-15-26)25(3)32-24(2)13-22-31(32)29-18-20-30(21-19-29)33-23-27-11-8-6-9-12-27/h6,8-9,11-22,25H,4-5,7,10,23H2,1-3H3. The number of aryl methyl sites for hydroxylation is 2. The SMILES string of the molecule is CCCCCc1ccc(C(C)n2c(C)ccc2-c2ccc(OCc3ccccc3)cc2)cc1. The topological polar surface area (TPSA) is 14.2 Å². The molecular weight excluding hydrogens is 402 g/mol. The molecule has 0 fully saturated rings. The predicted octanol–water partition coefficient (Wildman–Crippen LogP) is 8.38. The van der Waals surface area contributed by atoms with Gasteiger partial charge in [0.2, 0.25) is 0 Å². The molecule has 4 rings (SSSR count). The summed E-state index contributed by atoms with van der Waals surface area (Å²) in [6.07, 6.45) is 5.03. The highest BCUT2D eigenvalue weighted by atomic mass is 16.5. The van der Waals surface area contributed by atoms with E-state index in [0.717, 1.165) is 5.75 Å². The first kappa shape index (κ1) is 22.9. The van der Waals surface area contributed by atoms with E-state index in [2.05, 4.69) is 98.1 Å². The van der Waals surface area contributed by atoms with Gasteiger partial charge in [0.15, 0.2) is 0 Å². The van der Waals surface area contributed by atoms with Crippen LogP contribution in [0.25, 0.3) is 11.3 Å². The van der Waals surface area contributed by atoms with Crippen LogP contribution < -0.4 is 4.74 Å². The Labute approximate surface area is 198 Å². The van der Waals surface area contributed by atoms with E-state index in [-0.39, 0.29) is 6.04 Å². The molecule has 1 unspecified atom stereocenters. The van der Waals surface area contributed by atoms with E-state index in [1.165, 1.54) is 59.3 Å². The van der Waals surface area contributed by atoms with Crippen molar-refractivity contribution in [3.8, 4) is 17.0 Å². The maximum Gasteiger partial charge on any atom is 0.119 e. The molecule has 1 aromatic heterocycles. The second-order valence-corrected chi connectivity index (χ2v) is 8.90. The van der Waals surface area contributed by atoms with Crippen molar-refractivity contribution in [2.75, 3.05) is 0 Å². The third-order valence-corrected chi connectivity index (χ3v) is 6.44. The van der Waals surface area contributed by atoms with Crippen LogP contribution in [0.2, 0.25) is 0 Å². The molecule has 1 atom stereocenters. The number of hydrogen-bond acceptors (Lipinski definition) is 1. The van der Waals surface area contributed by atoms with Crippen LogP contribution in [0.1, 0.15) is 61.5 Å². The van der Waals surface area contributed by atoms with Gasteiger partial charge in [-0.3, -0.25) is 0 Å². The summed E-state index contributed by atoms with van der Waals surface area (Å²) in [5, 5.41) is 0. The van der Waals surface area contributed by atoms with Crippen molar-refractivity contribution in [3.05, 3.63) is 113 Å². The Morgan fingerprint density at radius 1 is 0.758 bits per heavy atom. The molecule has 1 heterocycles. The Bertz CT molecular complexity index is 1120. The zero-order chi connectivity index (χ0) is 23.0. The molecule has 3 aromatic carbocycles. The highest BCUT2D eigenvalue weighted by Crippen LogP contribution is 2.31. The van der Waals surface area contributed by atoms with Gasteiger partial charge in [0.05, 0.1) is 6.04 Å². The molecule has 0 aliphatic carbocycles. The Hall–Kier alpha value is -3.26. The smallest absolute Gasteiger partial charge is 0.119 e. The molecule has 0 aliphatic rings. The van der Waals surface area contributed by atoms with Crippen LogP contribution in [-0.2, 0) is 13.0 Å². The average molecular weight is 438 g/mol. The van der Waals surface area contributed by atoms with E-state index in [0.29, 0.717) is 6.61 Å². The third-order valence-electron chi connectivity index (χ3n) is 6.44. The quantitative estimate of drug-likeness (QED) is 0.227. The van der Waals surface area contributed by atoms with Crippen molar-refractivity contribution in [3.63, 3.8) is 0 Å². The highest BCUT2D eigenvalue weighted by molar-refractivity contribution is 5.62. The molecule has 0 saturated carbocycles. The molecule has 170 valence electrons. The fraction of sp³-hybridized carbons (Fsp3) is 0.290. The lowest BCUT2D eigenvalue weighted by Crippen LogP contribution is -2.10.